The Morgan fingerprint density at radius 1 is 0.455 bits per heavy atom. The standard InChI is InChI=1S/C50H36N4.Pt/c1-50(2,3)34-27-29-52-49(31-34)54-46-22-11-9-19-41(46)43-26-24-35(32-48(43)54)53-45-21-10-8-18-40(45)38-16-6-4-14-36(38)37-15-5-7-17-39(37)42-25-23-33(30-47(42)53)44-20-12-13-28-51-44;/h4-29,31H,1-3H3;/q-2;+2. The van der Waals surface area contributed by atoms with Gasteiger partial charge in [0.05, 0.1) is 5.52 Å². The fourth-order valence-corrected chi connectivity index (χ4v) is 7.98. The van der Waals surface area contributed by atoms with Crippen LogP contribution in [0.4, 0.5) is 0 Å². The molecule has 4 heterocycles. The van der Waals surface area contributed by atoms with Crippen LogP contribution >= 0.6 is 0 Å². The number of para-hydroxylation sites is 2. The van der Waals surface area contributed by atoms with Crippen molar-refractivity contribution < 1.29 is 21.1 Å². The van der Waals surface area contributed by atoms with Crippen molar-refractivity contribution in [3.05, 3.63) is 182 Å². The van der Waals surface area contributed by atoms with E-state index in [9.17, 15) is 0 Å². The molecular formula is C50H36N4Pt. The second-order valence-corrected chi connectivity index (χ2v) is 14.9. The first kappa shape index (κ1) is 34.7. The number of hydrogen-bond donors (Lipinski definition) is 0. The summed E-state index contributed by atoms with van der Waals surface area (Å²) in [6, 6.07) is 61.8. The van der Waals surface area contributed by atoms with E-state index in [0.717, 1.165) is 71.8 Å². The number of benzene rings is 6. The topological polar surface area (TPSA) is 35.6 Å². The molecule has 0 atom stereocenters. The van der Waals surface area contributed by atoms with Crippen molar-refractivity contribution in [1.82, 2.24) is 19.1 Å². The van der Waals surface area contributed by atoms with Crippen LogP contribution in [-0.4, -0.2) is 19.1 Å². The maximum atomic E-state index is 4.96. The fourth-order valence-electron chi connectivity index (χ4n) is 7.98. The summed E-state index contributed by atoms with van der Waals surface area (Å²) in [5, 5.41) is 9.15. The Kier molecular flexibility index (Phi) is 8.60. The molecule has 0 fully saturated rings. The summed E-state index contributed by atoms with van der Waals surface area (Å²) in [6.07, 6.45) is 3.77. The molecule has 55 heavy (non-hydrogen) atoms. The fraction of sp³-hybridized carbons (Fsp3) is 0.0800. The molecule has 10 aromatic rings. The zero-order valence-electron chi connectivity index (χ0n) is 30.7. The third-order valence-electron chi connectivity index (χ3n) is 10.6. The van der Waals surface area contributed by atoms with E-state index in [2.05, 4.69) is 175 Å². The molecule has 266 valence electrons. The Morgan fingerprint density at radius 3 is 1.64 bits per heavy atom. The van der Waals surface area contributed by atoms with E-state index in [4.69, 9.17) is 9.97 Å². The molecule has 10 rings (SSSR count). The number of aromatic nitrogens is 4. The molecule has 4 nitrogen and oxygen atoms in total. The van der Waals surface area contributed by atoms with Crippen molar-refractivity contribution in [3.63, 3.8) is 0 Å². The van der Waals surface area contributed by atoms with Crippen LogP contribution in [0.2, 0.25) is 0 Å². The predicted molar refractivity (Wildman–Crippen MR) is 225 cm³/mol. The van der Waals surface area contributed by atoms with Gasteiger partial charge in [0, 0.05) is 23.3 Å². The molecule has 0 bridgehead atoms. The van der Waals surface area contributed by atoms with Gasteiger partial charge in [-0.2, -0.15) is 6.07 Å². The Balaban J connectivity index is 0.00000397. The second-order valence-electron chi connectivity index (χ2n) is 14.9. The minimum atomic E-state index is -0.0322. The number of fused-ring (bicyclic) bond motifs is 10. The van der Waals surface area contributed by atoms with Crippen molar-refractivity contribution in [2.24, 2.45) is 0 Å². The molecular weight excluding hydrogens is 852 g/mol. The molecule has 0 aliphatic heterocycles. The normalized spacial score (nSPS) is 11.8. The van der Waals surface area contributed by atoms with Crippen molar-refractivity contribution in [1.29, 1.82) is 0 Å². The largest absolute Gasteiger partial charge is 2.00 e. The van der Waals surface area contributed by atoms with Crippen LogP contribution in [0.5, 0.6) is 0 Å². The zero-order valence-corrected chi connectivity index (χ0v) is 33.0. The average Bonchev–Trinajstić information content (AvgIpc) is 3.56. The molecule has 4 aromatic heterocycles. The van der Waals surface area contributed by atoms with Crippen molar-refractivity contribution in [2.75, 3.05) is 0 Å². The number of rotatable bonds is 3. The summed E-state index contributed by atoms with van der Waals surface area (Å²) in [5.74, 6) is 0.874. The van der Waals surface area contributed by atoms with Crippen molar-refractivity contribution >= 4 is 65.2 Å². The van der Waals surface area contributed by atoms with Crippen LogP contribution in [0.25, 0.3) is 87.9 Å². The van der Waals surface area contributed by atoms with Crippen LogP contribution in [0.15, 0.2) is 164 Å². The smallest absolute Gasteiger partial charge is 0.351 e. The quantitative estimate of drug-likeness (QED) is 0.166. The van der Waals surface area contributed by atoms with E-state index in [1.165, 1.54) is 21.7 Å². The van der Waals surface area contributed by atoms with Gasteiger partial charge in [0.25, 0.3) is 0 Å². The molecule has 0 unspecified atom stereocenters. The predicted octanol–water partition coefficient (Wildman–Crippen LogP) is 12.7. The van der Waals surface area contributed by atoms with Gasteiger partial charge >= 0.3 is 21.1 Å². The molecule has 0 N–H and O–H groups in total. The molecule has 0 amide bonds. The Labute approximate surface area is 334 Å². The van der Waals surface area contributed by atoms with E-state index >= 15 is 0 Å². The molecule has 0 aliphatic carbocycles. The maximum Gasteiger partial charge on any atom is 2.00 e. The summed E-state index contributed by atoms with van der Waals surface area (Å²) in [4.78, 5) is 9.70. The van der Waals surface area contributed by atoms with Crippen LogP contribution in [-0.2, 0) is 26.5 Å². The SMILES string of the molecule is CC(C)(C)c1ccnc(-n2c3[c-]c(-n4c5[c-]c(-c6ccccn6)ccc5c5ccccc5c5ccccc5c5ccccc54)ccc3c3ccccc32)c1.[Pt+2]. The molecule has 0 saturated heterocycles. The molecule has 0 radical (unpaired) electrons. The van der Waals surface area contributed by atoms with E-state index in [-0.39, 0.29) is 26.5 Å². The number of nitrogens with zero attached hydrogens (tertiary/aromatic N) is 4. The van der Waals surface area contributed by atoms with E-state index < -0.39 is 0 Å². The van der Waals surface area contributed by atoms with Crippen LogP contribution in [0, 0.1) is 12.1 Å². The zero-order chi connectivity index (χ0) is 36.4. The number of pyridine rings is 2. The van der Waals surface area contributed by atoms with E-state index in [0.29, 0.717) is 0 Å². The summed E-state index contributed by atoms with van der Waals surface area (Å²) in [6.45, 7) is 6.73. The van der Waals surface area contributed by atoms with Gasteiger partial charge in [0.1, 0.15) is 5.82 Å². The maximum absolute atomic E-state index is 4.96. The second kappa shape index (κ2) is 13.6. The summed E-state index contributed by atoms with van der Waals surface area (Å²) in [5.41, 5.74) is 7.92. The van der Waals surface area contributed by atoms with Gasteiger partial charge in [-0.1, -0.05) is 140 Å². The minimum Gasteiger partial charge on any atom is -0.351 e. The first-order valence-electron chi connectivity index (χ1n) is 18.4. The third-order valence-corrected chi connectivity index (χ3v) is 10.6. The first-order chi connectivity index (χ1) is 26.4. The first-order valence-corrected chi connectivity index (χ1v) is 18.4. The van der Waals surface area contributed by atoms with Crippen LogP contribution < -0.4 is 0 Å². The number of hydrogen-bond acceptors (Lipinski definition) is 2. The van der Waals surface area contributed by atoms with Gasteiger partial charge in [-0.05, 0) is 74.1 Å². The molecule has 0 aliphatic rings. The Morgan fingerprint density at radius 2 is 0.982 bits per heavy atom. The van der Waals surface area contributed by atoms with Gasteiger partial charge < -0.3 is 14.1 Å². The van der Waals surface area contributed by atoms with Gasteiger partial charge in [-0.25, -0.2) is 4.98 Å². The van der Waals surface area contributed by atoms with Crippen molar-refractivity contribution in [3.8, 4) is 22.8 Å². The van der Waals surface area contributed by atoms with Gasteiger partial charge in [0.15, 0.2) is 0 Å². The van der Waals surface area contributed by atoms with Gasteiger partial charge in [-0.15, -0.1) is 41.3 Å². The van der Waals surface area contributed by atoms with Crippen molar-refractivity contribution in [2.45, 2.75) is 26.2 Å². The average molecular weight is 888 g/mol. The molecule has 0 spiro atoms. The molecule has 0 saturated carbocycles. The summed E-state index contributed by atoms with van der Waals surface area (Å²) in [7, 11) is 0. The van der Waals surface area contributed by atoms with Crippen LogP contribution in [0.3, 0.4) is 0 Å². The Hall–Kier alpha value is -6.09. The minimum absolute atomic E-state index is 0. The van der Waals surface area contributed by atoms with Crippen LogP contribution in [0.1, 0.15) is 26.3 Å². The summed E-state index contributed by atoms with van der Waals surface area (Å²) < 4.78 is 4.61. The summed E-state index contributed by atoms with van der Waals surface area (Å²) >= 11 is 0. The van der Waals surface area contributed by atoms with E-state index in [1.54, 1.807) is 0 Å². The van der Waals surface area contributed by atoms with Gasteiger partial charge in [0.2, 0.25) is 0 Å². The molecule has 5 heteroatoms. The van der Waals surface area contributed by atoms with E-state index in [1.807, 2.05) is 30.6 Å². The Bertz CT molecular complexity index is 3150. The third kappa shape index (κ3) is 5.80. The monoisotopic (exact) mass is 887 g/mol. The molecule has 6 aromatic carbocycles. The van der Waals surface area contributed by atoms with Gasteiger partial charge in [-0.3, -0.25) is 0 Å².